The summed E-state index contributed by atoms with van der Waals surface area (Å²) in [5.74, 6) is -4.50. The van der Waals surface area contributed by atoms with Crippen LogP contribution in [0.2, 0.25) is 0 Å². The quantitative estimate of drug-likeness (QED) is 0.376. The molecule has 6 nitrogen and oxygen atoms in total. The van der Waals surface area contributed by atoms with Gasteiger partial charge in [-0.25, -0.2) is 4.39 Å². The molecule has 7 heteroatoms. The second kappa shape index (κ2) is 3.18. The highest BCUT2D eigenvalue weighted by molar-refractivity contribution is 5.74. The van der Waals surface area contributed by atoms with E-state index in [0.717, 1.165) is 0 Å². The number of carboxylic acids is 1. The van der Waals surface area contributed by atoms with E-state index in [1.165, 1.54) is 0 Å². The lowest BCUT2D eigenvalue weighted by molar-refractivity contribution is -0.614. The third kappa shape index (κ3) is 1.49. The Hall–Kier alpha value is -1.76. The molecule has 0 saturated heterocycles. The van der Waals surface area contributed by atoms with E-state index in [9.17, 15) is 24.4 Å². The van der Waals surface area contributed by atoms with Gasteiger partial charge in [0.15, 0.2) is 5.92 Å². The molecular weight excluding hydrogens is 197 g/mol. The molecule has 0 aliphatic heterocycles. The minimum Gasteiger partial charge on any atom is -0.481 e. The van der Waals surface area contributed by atoms with Gasteiger partial charge in [-0.3, -0.25) is 14.9 Å². The van der Waals surface area contributed by atoms with Gasteiger partial charge in [0.2, 0.25) is 0 Å². The van der Waals surface area contributed by atoms with Gasteiger partial charge in [-0.05, 0) is 12.2 Å². The van der Waals surface area contributed by atoms with E-state index in [1.807, 2.05) is 0 Å². The third-order valence-corrected chi connectivity index (χ3v) is 1.83. The Bertz CT molecular complexity index is 350. The number of hydrogen-bond acceptors (Lipinski definition) is 4. The number of nitrogens with zero attached hydrogens (tertiary/aromatic N) is 1. The van der Waals surface area contributed by atoms with Crippen LogP contribution >= 0.6 is 0 Å². The molecule has 0 aromatic heterocycles. The lowest BCUT2D eigenvalue weighted by atomic mass is 9.91. The molecule has 14 heavy (non-hydrogen) atoms. The molecule has 2 unspecified atom stereocenters. The molecule has 1 rings (SSSR count). The maximum atomic E-state index is 12.6. The van der Waals surface area contributed by atoms with Crippen LogP contribution < -0.4 is 0 Å². The minimum absolute atomic E-state index is 0.491. The van der Waals surface area contributed by atoms with Gasteiger partial charge in [-0.1, -0.05) is 0 Å². The summed E-state index contributed by atoms with van der Waals surface area (Å²) in [6.45, 7) is 0. The van der Waals surface area contributed by atoms with Crippen LogP contribution in [0.15, 0.2) is 24.1 Å². The summed E-state index contributed by atoms with van der Waals surface area (Å²) in [5.41, 5.74) is -2.78. The van der Waals surface area contributed by atoms with Crippen LogP contribution in [-0.2, 0) is 4.79 Å². The van der Waals surface area contributed by atoms with Crippen LogP contribution in [0.4, 0.5) is 4.39 Å². The van der Waals surface area contributed by atoms with E-state index in [4.69, 9.17) is 5.11 Å². The predicted molar refractivity (Wildman–Crippen MR) is 41.4 cm³/mol. The molecule has 0 radical (unpaired) electrons. The van der Waals surface area contributed by atoms with Gasteiger partial charge in [0.05, 0.1) is 4.92 Å². The number of aliphatic hydroxyl groups is 1. The van der Waals surface area contributed by atoms with Gasteiger partial charge >= 0.3 is 11.7 Å². The minimum atomic E-state index is -2.78. The fourth-order valence-electron chi connectivity index (χ4n) is 1.07. The maximum absolute atomic E-state index is 12.6. The van der Waals surface area contributed by atoms with Crippen molar-refractivity contribution in [3.05, 3.63) is 34.2 Å². The van der Waals surface area contributed by atoms with E-state index >= 15 is 0 Å². The molecule has 76 valence electrons. The van der Waals surface area contributed by atoms with Crippen molar-refractivity contribution in [1.82, 2.24) is 0 Å². The monoisotopic (exact) mass is 203 g/mol. The molecule has 0 aromatic carbocycles. The first-order valence-corrected chi connectivity index (χ1v) is 3.54. The van der Waals surface area contributed by atoms with Crippen molar-refractivity contribution in [3.8, 4) is 0 Å². The molecule has 0 aromatic rings. The lowest BCUT2D eigenvalue weighted by Gasteiger charge is -2.22. The topological polar surface area (TPSA) is 101 Å². The second-order valence-electron chi connectivity index (χ2n) is 2.74. The number of aliphatic carboxylic acids is 1. The molecule has 0 spiro atoms. The number of carboxylic acid groups (broad SMARTS) is 1. The third-order valence-electron chi connectivity index (χ3n) is 1.83. The zero-order valence-corrected chi connectivity index (χ0v) is 6.75. The average Bonchev–Trinajstić information content (AvgIpc) is 2.08. The van der Waals surface area contributed by atoms with Crippen molar-refractivity contribution in [3.63, 3.8) is 0 Å². The second-order valence-corrected chi connectivity index (χ2v) is 2.74. The van der Waals surface area contributed by atoms with Gasteiger partial charge in [0, 0.05) is 6.08 Å². The molecule has 1 aliphatic carbocycles. The van der Waals surface area contributed by atoms with E-state index in [1.54, 1.807) is 0 Å². The van der Waals surface area contributed by atoms with Crippen LogP contribution in [0.25, 0.3) is 0 Å². The first-order valence-electron chi connectivity index (χ1n) is 3.54. The molecule has 0 heterocycles. The van der Waals surface area contributed by atoms with E-state index in [0.29, 0.717) is 18.2 Å². The van der Waals surface area contributed by atoms with Crippen LogP contribution in [-0.4, -0.2) is 26.8 Å². The Labute approximate surface area is 77.1 Å². The summed E-state index contributed by atoms with van der Waals surface area (Å²) in [4.78, 5) is 19.7. The zero-order chi connectivity index (χ0) is 10.9. The largest absolute Gasteiger partial charge is 0.481 e. The normalized spacial score (nSPS) is 31.0. The molecule has 1 aliphatic rings. The van der Waals surface area contributed by atoms with Crippen molar-refractivity contribution in [2.45, 2.75) is 5.72 Å². The molecule has 0 amide bonds. The molecule has 0 saturated carbocycles. The smallest absolute Gasteiger partial charge is 0.359 e. The fraction of sp³-hybridized carbons (Fsp3) is 0.286. The highest BCUT2D eigenvalue weighted by Crippen LogP contribution is 2.28. The average molecular weight is 203 g/mol. The molecule has 2 atom stereocenters. The number of carbonyl (C=O) groups is 1. The summed E-state index contributed by atoms with van der Waals surface area (Å²) in [6, 6.07) is 0. The van der Waals surface area contributed by atoms with Crippen LogP contribution in [0.5, 0.6) is 0 Å². The summed E-state index contributed by atoms with van der Waals surface area (Å²) in [5, 5.41) is 28.2. The molecular formula is C7H6FNO5. The van der Waals surface area contributed by atoms with Crippen molar-refractivity contribution in [2.75, 3.05) is 0 Å². The van der Waals surface area contributed by atoms with Crippen LogP contribution in [0.3, 0.4) is 0 Å². The van der Waals surface area contributed by atoms with Crippen molar-refractivity contribution >= 4 is 5.97 Å². The summed E-state index contributed by atoms with van der Waals surface area (Å²) in [7, 11) is 0. The molecule has 0 bridgehead atoms. The highest BCUT2D eigenvalue weighted by atomic mass is 19.1. The molecule has 2 N–H and O–H groups in total. The number of allylic oxidation sites excluding steroid dienone is 2. The Morgan fingerprint density at radius 1 is 1.71 bits per heavy atom. The number of hydrogen-bond donors (Lipinski definition) is 2. The van der Waals surface area contributed by atoms with Crippen LogP contribution in [0, 0.1) is 16.0 Å². The van der Waals surface area contributed by atoms with Crippen molar-refractivity contribution in [1.29, 1.82) is 0 Å². The summed E-state index contributed by atoms with van der Waals surface area (Å²) >= 11 is 0. The summed E-state index contributed by atoms with van der Waals surface area (Å²) in [6.07, 6.45) is 1.66. The zero-order valence-electron chi connectivity index (χ0n) is 6.75. The van der Waals surface area contributed by atoms with Crippen molar-refractivity contribution in [2.24, 2.45) is 5.92 Å². The Morgan fingerprint density at radius 3 is 2.71 bits per heavy atom. The lowest BCUT2D eigenvalue weighted by Crippen LogP contribution is -2.47. The Morgan fingerprint density at radius 2 is 2.29 bits per heavy atom. The van der Waals surface area contributed by atoms with E-state index in [-0.39, 0.29) is 0 Å². The number of halogens is 1. The van der Waals surface area contributed by atoms with Gasteiger partial charge in [0.25, 0.3) is 0 Å². The highest BCUT2D eigenvalue weighted by Gasteiger charge is 2.51. The first-order chi connectivity index (χ1) is 6.38. The standard InChI is InChI=1S/C7H6FNO5/c8-4-1-2-7(12,9(13)14)5(3-4)6(10)11/h1-3,5,12H,(H,10,11). The SMILES string of the molecule is O=C(O)C1C=C(F)C=CC1(O)[N+](=O)[O-]. The predicted octanol–water partition coefficient (Wildman–Crippen LogP) is 0.0757. The number of rotatable bonds is 2. The first kappa shape index (κ1) is 10.3. The summed E-state index contributed by atoms with van der Waals surface area (Å²) < 4.78 is 12.6. The number of nitro groups is 1. The van der Waals surface area contributed by atoms with Crippen LogP contribution in [0.1, 0.15) is 0 Å². The Kier molecular flexibility index (Phi) is 2.35. The molecule has 0 fully saturated rings. The van der Waals surface area contributed by atoms with Crippen molar-refractivity contribution < 1.29 is 24.3 Å². The van der Waals surface area contributed by atoms with Gasteiger partial charge in [0.1, 0.15) is 5.83 Å². The Balaban J connectivity index is 3.15. The fourth-order valence-corrected chi connectivity index (χ4v) is 1.07. The maximum Gasteiger partial charge on any atom is 0.359 e. The van der Waals surface area contributed by atoms with E-state index < -0.39 is 28.4 Å². The van der Waals surface area contributed by atoms with Gasteiger partial charge < -0.3 is 10.2 Å². The van der Waals surface area contributed by atoms with E-state index in [2.05, 4.69) is 0 Å². The van der Waals surface area contributed by atoms with Gasteiger partial charge in [-0.2, -0.15) is 0 Å². The van der Waals surface area contributed by atoms with Gasteiger partial charge in [-0.15, -0.1) is 0 Å².